The maximum atomic E-state index is 12.3. The van der Waals surface area contributed by atoms with E-state index in [-0.39, 0.29) is 31.4 Å². The number of hydrogen-bond donors (Lipinski definition) is 2. The Labute approximate surface area is 107 Å². The van der Waals surface area contributed by atoms with E-state index in [1.165, 1.54) is 0 Å². The lowest BCUT2D eigenvalue weighted by Crippen LogP contribution is -2.04. The second-order valence-electron chi connectivity index (χ2n) is 3.16. The van der Waals surface area contributed by atoms with Crippen molar-refractivity contribution in [2.45, 2.75) is 12.7 Å². The normalized spacial score (nSPS) is 10.8. The fourth-order valence-corrected chi connectivity index (χ4v) is 1.34. The van der Waals surface area contributed by atoms with E-state index in [1.807, 2.05) is 0 Å². The summed E-state index contributed by atoms with van der Waals surface area (Å²) in [7, 11) is 0. The van der Waals surface area contributed by atoms with Crippen LogP contribution in [-0.4, -0.2) is 9.97 Å². The topological polar surface area (TPSA) is 54.7 Å². The van der Waals surface area contributed by atoms with Gasteiger partial charge in [0.05, 0.1) is 5.56 Å². The predicted molar refractivity (Wildman–Crippen MR) is 63.5 cm³/mol. The van der Waals surface area contributed by atoms with E-state index in [2.05, 4.69) is 9.97 Å². The molecule has 2 rings (SSSR count). The van der Waals surface area contributed by atoms with Crippen LogP contribution >= 0.6 is 24.8 Å². The average Bonchev–Trinajstić information content (AvgIpc) is 2.57. The summed E-state index contributed by atoms with van der Waals surface area (Å²) in [6, 6.07) is 2.62. The molecule has 8 heteroatoms. The van der Waals surface area contributed by atoms with Crippen LogP contribution in [-0.2, 0) is 12.7 Å². The van der Waals surface area contributed by atoms with Crippen LogP contribution in [0, 0.1) is 0 Å². The first-order valence-electron chi connectivity index (χ1n) is 4.25. The SMILES string of the molecule is Cl.Cl.NCc1cc2cc(C(F)(F)F)cnc2[nH]1. The molecule has 0 bridgehead atoms. The van der Waals surface area contributed by atoms with Gasteiger partial charge in [0.1, 0.15) is 5.65 Å². The summed E-state index contributed by atoms with van der Waals surface area (Å²) in [4.78, 5) is 6.51. The van der Waals surface area contributed by atoms with E-state index >= 15 is 0 Å². The van der Waals surface area contributed by atoms with Crippen molar-refractivity contribution < 1.29 is 13.2 Å². The van der Waals surface area contributed by atoms with Gasteiger partial charge in [0.25, 0.3) is 0 Å². The zero-order valence-electron chi connectivity index (χ0n) is 8.41. The fourth-order valence-electron chi connectivity index (χ4n) is 1.34. The number of nitrogens with zero attached hydrogens (tertiary/aromatic N) is 1. The van der Waals surface area contributed by atoms with Gasteiger partial charge in [0, 0.05) is 23.8 Å². The molecule has 0 aliphatic heterocycles. The molecule has 2 aromatic rings. The van der Waals surface area contributed by atoms with E-state index in [1.54, 1.807) is 6.07 Å². The van der Waals surface area contributed by atoms with E-state index in [9.17, 15) is 13.2 Å². The highest BCUT2D eigenvalue weighted by Gasteiger charge is 2.31. The number of nitrogens with two attached hydrogens (primary N) is 1. The Morgan fingerprint density at radius 3 is 2.41 bits per heavy atom. The highest BCUT2D eigenvalue weighted by atomic mass is 35.5. The van der Waals surface area contributed by atoms with Crippen LogP contribution < -0.4 is 5.73 Å². The van der Waals surface area contributed by atoms with Crippen LogP contribution in [0.5, 0.6) is 0 Å². The lowest BCUT2D eigenvalue weighted by molar-refractivity contribution is -0.137. The van der Waals surface area contributed by atoms with Crippen molar-refractivity contribution in [1.29, 1.82) is 0 Å². The van der Waals surface area contributed by atoms with Crippen molar-refractivity contribution in [2.24, 2.45) is 5.73 Å². The van der Waals surface area contributed by atoms with E-state index in [0.29, 0.717) is 16.7 Å². The lowest BCUT2D eigenvalue weighted by atomic mass is 10.2. The second kappa shape index (κ2) is 5.57. The number of aromatic nitrogens is 2. The van der Waals surface area contributed by atoms with Crippen molar-refractivity contribution in [3.05, 3.63) is 29.6 Å². The predicted octanol–water partition coefficient (Wildman–Crippen LogP) is 2.88. The molecular formula is C9H10Cl2F3N3. The highest BCUT2D eigenvalue weighted by Crippen LogP contribution is 2.30. The quantitative estimate of drug-likeness (QED) is 0.847. The van der Waals surface area contributed by atoms with Gasteiger partial charge in [0.2, 0.25) is 0 Å². The molecule has 0 fully saturated rings. The number of alkyl halides is 3. The third-order valence-corrected chi connectivity index (χ3v) is 2.07. The third kappa shape index (κ3) is 3.24. The van der Waals surface area contributed by atoms with Crippen molar-refractivity contribution in [3.8, 4) is 0 Å². The summed E-state index contributed by atoms with van der Waals surface area (Å²) in [5.74, 6) is 0. The number of rotatable bonds is 1. The Balaban J connectivity index is 0.00000128. The Morgan fingerprint density at radius 1 is 1.24 bits per heavy atom. The van der Waals surface area contributed by atoms with Gasteiger partial charge in [-0.25, -0.2) is 4.98 Å². The van der Waals surface area contributed by atoms with Crippen LogP contribution in [0.25, 0.3) is 11.0 Å². The zero-order valence-corrected chi connectivity index (χ0v) is 10.0. The molecule has 2 heterocycles. The van der Waals surface area contributed by atoms with Gasteiger partial charge in [-0.3, -0.25) is 0 Å². The minimum Gasteiger partial charge on any atom is -0.342 e. The number of pyridine rings is 1. The van der Waals surface area contributed by atoms with Gasteiger partial charge in [0.15, 0.2) is 0 Å². The Bertz CT molecular complexity index is 496. The standard InChI is InChI=1S/C9H8F3N3.2ClH/c10-9(11,12)6-1-5-2-7(3-13)15-8(5)14-4-6;;/h1-2,4H,3,13H2,(H,14,15);2*1H. The molecule has 0 aliphatic carbocycles. The average molecular weight is 288 g/mol. The summed E-state index contributed by atoms with van der Waals surface area (Å²) < 4.78 is 37.0. The summed E-state index contributed by atoms with van der Waals surface area (Å²) >= 11 is 0. The number of fused-ring (bicyclic) bond motifs is 1. The summed E-state index contributed by atoms with van der Waals surface area (Å²) in [5, 5.41) is 0.422. The maximum Gasteiger partial charge on any atom is 0.417 e. The molecule has 0 saturated heterocycles. The molecule has 0 atom stereocenters. The number of halogens is 5. The van der Waals surface area contributed by atoms with Gasteiger partial charge in [-0.2, -0.15) is 13.2 Å². The summed E-state index contributed by atoms with van der Waals surface area (Å²) in [5.41, 5.74) is 5.69. The van der Waals surface area contributed by atoms with Crippen molar-refractivity contribution in [3.63, 3.8) is 0 Å². The lowest BCUT2D eigenvalue weighted by Gasteiger charge is -2.04. The smallest absolute Gasteiger partial charge is 0.342 e. The first-order valence-corrected chi connectivity index (χ1v) is 4.25. The van der Waals surface area contributed by atoms with Crippen LogP contribution in [0.1, 0.15) is 11.3 Å². The molecule has 0 aliphatic rings. The Morgan fingerprint density at radius 2 is 1.88 bits per heavy atom. The number of nitrogens with one attached hydrogen (secondary N) is 1. The van der Waals surface area contributed by atoms with Crippen molar-refractivity contribution in [1.82, 2.24) is 9.97 Å². The molecule has 0 aromatic carbocycles. The van der Waals surface area contributed by atoms with E-state index in [4.69, 9.17) is 5.73 Å². The number of hydrogen-bond acceptors (Lipinski definition) is 2. The molecule has 0 radical (unpaired) electrons. The highest BCUT2D eigenvalue weighted by molar-refractivity contribution is 5.85. The molecular weight excluding hydrogens is 278 g/mol. The van der Waals surface area contributed by atoms with Crippen molar-refractivity contribution >= 4 is 35.8 Å². The molecule has 0 unspecified atom stereocenters. The van der Waals surface area contributed by atoms with E-state index < -0.39 is 11.7 Å². The Hall–Kier alpha value is -0.980. The molecule has 0 saturated carbocycles. The summed E-state index contributed by atoms with van der Waals surface area (Å²) in [6.07, 6.45) is -3.56. The number of aromatic amines is 1. The maximum absolute atomic E-state index is 12.3. The zero-order chi connectivity index (χ0) is 11.1. The van der Waals surface area contributed by atoms with Gasteiger partial charge in [-0.1, -0.05) is 0 Å². The Kier molecular flexibility index (Phi) is 5.25. The molecule has 96 valence electrons. The van der Waals surface area contributed by atoms with Crippen molar-refractivity contribution in [2.75, 3.05) is 0 Å². The third-order valence-electron chi connectivity index (χ3n) is 2.07. The fraction of sp³-hybridized carbons (Fsp3) is 0.222. The number of H-pyrrole nitrogens is 1. The van der Waals surface area contributed by atoms with Crippen LogP contribution in [0.4, 0.5) is 13.2 Å². The van der Waals surface area contributed by atoms with Gasteiger partial charge < -0.3 is 10.7 Å². The minimum absolute atomic E-state index is 0. The largest absolute Gasteiger partial charge is 0.417 e. The monoisotopic (exact) mass is 287 g/mol. The van der Waals surface area contributed by atoms with Crippen LogP contribution in [0.15, 0.2) is 18.3 Å². The van der Waals surface area contributed by atoms with Crippen LogP contribution in [0.3, 0.4) is 0 Å². The van der Waals surface area contributed by atoms with E-state index in [0.717, 1.165) is 12.3 Å². The first kappa shape index (κ1) is 16.0. The summed E-state index contributed by atoms with van der Waals surface area (Å²) in [6.45, 7) is 0.248. The molecule has 3 nitrogen and oxygen atoms in total. The molecule has 2 aromatic heterocycles. The van der Waals surface area contributed by atoms with Crippen LogP contribution in [0.2, 0.25) is 0 Å². The van der Waals surface area contributed by atoms with Gasteiger partial charge >= 0.3 is 6.18 Å². The minimum atomic E-state index is -4.36. The first-order chi connectivity index (χ1) is 7.00. The molecule has 3 N–H and O–H groups in total. The van der Waals surface area contributed by atoms with Gasteiger partial charge in [-0.15, -0.1) is 24.8 Å². The molecule has 0 spiro atoms. The van der Waals surface area contributed by atoms with Gasteiger partial charge in [-0.05, 0) is 12.1 Å². The second-order valence-corrected chi connectivity index (χ2v) is 3.16. The molecule has 0 amide bonds. The molecule has 17 heavy (non-hydrogen) atoms.